The van der Waals surface area contributed by atoms with E-state index >= 15 is 0 Å². The van der Waals surface area contributed by atoms with Crippen LogP contribution < -0.4 is 0 Å². The van der Waals surface area contributed by atoms with Crippen LogP contribution in [0.5, 0.6) is 0 Å². The number of hydrogen-bond acceptors (Lipinski definition) is 7. The SMILES string of the molecule is CCCCC[C@H](O)CCCC[C@H](O)[C@H]1CC[C@H]([C@H]2CC[C@H]([C@H](O)CCCCCCCCCCCCC3=CCOC3=O)O2)O1. The van der Waals surface area contributed by atoms with Crippen LogP contribution in [0.25, 0.3) is 0 Å². The maximum Gasteiger partial charge on any atom is 0.334 e. The van der Waals surface area contributed by atoms with Crippen LogP contribution >= 0.6 is 0 Å². The second-order valence-corrected chi connectivity index (χ2v) is 13.6. The standard InChI is InChI=1S/C36H64O7/c1-2-3-12-18-29(37)19-15-16-21-31(39)33-23-25-35(43-33)34-24-22-32(42-34)30(38)20-14-11-9-7-5-4-6-8-10-13-17-28-26-27-41-36(28)40/h26,29-35,37-39H,2-25,27H2,1H3/t29-,30+,31-,32+,33+,34+,35+/m0/s1. The first-order chi connectivity index (χ1) is 21.0. The lowest BCUT2D eigenvalue weighted by Crippen LogP contribution is -2.33. The zero-order valence-electron chi connectivity index (χ0n) is 27.3. The van der Waals surface area contributed by atoms with Crippen molar-refractivity contribution in [3.63, 3.8) is 0 Å². The Balaban J connectivity index is 1.13. The molecule has 3 N–H and O–H groups in total. The number of unbranched alkanes of at least 4 members (excludes halogenated alkanes) is 12. The lowest BCUT2D eigenvalue weighted by molar-refractivity contribution is -0.136. The molecule has 2 fully saturated rings. The normalized spacial score (nSPS) is 26.0. The molecule has 0 saturated carbocycles. The quantitative estimate of drug-likeness (QED) is 0.0729. The van der Waals surface area contributed by atoms with Crippen LogP contribution in [0.3, 0.4) is 0 Å². The number of hydrogen-bond donors (Lipinski definition) is 3. The van der Waals surface area contributed by atoms with Gasteiger partial charge in [-0.25, -0.2) is 4.79 Å². The molecule has 3 aliphatic heterocycles. The van der Waals surface area contributed by atoms with Gasteiger partial charge in [0.25, 0.3) is 0 Å². The van der Waals surface area contributed by atoms with Crippen molar-refractivity contribution in [1.29, 1.82) is 0 Å². The monoisotopic (exact) mass is 608 g/mol. The molecule has 0 aromatic rings. The first-order valence-electron chi connectivity index (χ1n) is 18.2. The van der Waals surface area contributed by atoms with E-state index in [-0.39, 0.29) is 36.5 Å². The molecule has 3 rings (SSSR count). The molecule has 3 aliphatic rings. The summed E-state index contributed by atoms with van der Waals surface area (Å²) in [5.74, 6) is -0.121. The fraction of sp³-hybridized carbons (Fsp3) is 0.917. The molecule has 0 aromatic carbocycles. The third-order valence-electron chi connectivity index (χ3n) is 9.87. The number of aliphatic hydroxyl groups excluding tert-OH is 3. The Labute approximate surface area is 262 Å². The molecular formula is C36H64O7. The summed E-state index contributed by atoms with van der Waals surface area (Å²) in [6.07, 6.45) is 25.9. The summed E-state index contributed by atoms with van der Waals surface area (Å²) in [6, 6.07) is 0. The third kappa shape index (κ3) is 14.3. The third-order valence-corrected chi connectivity index (χ3v) is 9.87. The molecule has 0 bridgehead atoms. The number of carbonyl (C=O) groups excluding carboxylic acids is 1. The fourth-order valence-corrected chi connectivity index (χ4v) is 7.05. The second-order valence-electron chi connectivity index (χ2n) is 13.6. The van der Waals surface area contributed by atoms with Gasteiger partial charge in [-0.3, -0.25) is 0 Å². The van der Waals surface area contributed by atoms with Crippen LogP contribution in [0.15, 0.2) is 11.6 Å². The molecule has 7 nitrogen and oxygen atoms in total. The highest BCUT2D eigenvalue weighted by atomic mass is 16.6. The Bertz CT molecular complexity index is 771. The largest absolute Gasteiger partial charge is 0.458 e. The minimum Gasteiger partial charge on any atom is -0.458 e. The van der Waals surface area contributed by atoms with Crippen molar-refractivity contribution in [1.82, 2.24) is 0 Å². The van der Waals surface area contributed by atoms with Crippen LogP contribution in [0.2, 0.25) is 0 Å². The van der Waals surface area contributed by atoms with Crippen LogP contribution in [0, 0.1) is 0 Å². The van der Waals surface area contributed by atoms with Gasteiger partial charge in [-0.1, -0.05) is 96.8 Å². The van der Waals surface area contributed by atoms with Gasteiger partial charge >= 0.3 is 5.97 Å². The molecular weight excluding hydrogens is 544 g/mol. The fourth-order valence-electron chi connectivity index (χ4n) is 7.05. The van der Waals surface area contributed by atoms with Gasteiger partial charge in [0.1, 0.15) is 6.61 Å². The predicted molar refractivity (Wildman–Crippen MR) is 171 cm³/mol. The van der Waals surface area contributed by atoms with Gasteiger partial charge in [0.15, 0.2) is 0 Å². The number of rotatable bonds is 25. The van der Waals surface area contributed by atoms with Crippen molar-refractivity contribution in [2.45, 2.75) is 204 Å². The lowest BCUT2D eigenvalue weighted by atomic mass is 10.00. The Kier molecular flexibility index (Phi) is 18.4. The van der Waals surface area contributed by atoms with Crippen LogP contribution in [-0.2, 0) is 19.0 Å². The number of ether oxygens (including phenoxy) is 3. The van der Waals surface area contributed by atoms with Crippen molar-refractivity contribution in [3.8, 4) is 0 Å². The van der Waals surface area contributed by atoms with Gasteiger partial charge in [0.2, 0.25) is 0 Å². The minimum absolute atomic E-state index is 0.0285. The van der Waals surface area contributed by atoms with E-state index in [1.807, 2.05) is 6.08 Å². The molecule has 250 valence electrons. The number of aliphatic hydroxyl groups is 3. The van der Waals surface area contributed by atoms with Gasteiger partial charge in [-0.2, -0.15) is 0 Å². The second kappa shape index (κ2) is 21.7. The molecule has 0 radical (unpaired) electrons. The molecule has 7 atom stereocenters. The summed E-state index contributed by atoms with van der Waals surface area (Å²) < 4.78 is 17.5. The molecule has 0 unspecified atom stereocenters. The van der Waals surface area contributed by atoms with Crippen LogP contribution in [0.1, 0.15) is 161 Å². The zero-order chi connectivity index (χ0) is 30.7. The molecule has 0 spiro atoms. The average molecular weight is 609 g/mol. The van der Waals surface area contributed by atoms with E-state index in [9.17, 15) is 20.1 Å². The summed E-state index contributed by atoms with van der Waals surface area (Å²) in [7, 11) is 0. The van der Waals surface area contributed by atoms with E-state index in [2.05, 4.69) is 6.92 Å². The van der Waals surface area contributed by atoms with Crippen LogP contribution in [0.4, 0.5) is 0 Å². The van der Waals surface area contributed by atoms with E-state index in [0.29, 0.717) is 6.61 Å². The van der Waals surface area contributed by atoms with Crippen LogP contribution in [-0.4, -0.2) is 70.6 Å². The maximum absolute atomic E-state index is 11.4. The summed E-state index contributed by atoms with van der Waals surface area (Å²) in [6.45, 7) is 2.64. The smallest absolute Gasteiger partial charge is 0.334 e. The lowest BCUT2D eigenvalue weighted by Gasteiger charge is -2.24. The van der Waals surface area contributed by atoms with Gasteiger partial charge in [0.05, 0.1) is 42.7 Å². The topological polar surface area (TPSA) is 105 Å². The van der Waals surface area contributed by atoms with Crippen molar-refractivity contribution >= 4 is 5.97 Å². The molecule has 0 amide bonds. The molecule has 0 aromatic heterocycles. The maximum atomic E-state index is 11.4. The van der Waals surface area contributed by atoms with E-state index in [1.54, 1.807) is 0 Å². The Morgan fingerprint density at radius 2 is 1.12 bits per heavy atom. The summed E-state index contributed by atoms with van der Waals surface area (Å²) in [5, 5.41) is 31.5. The highest BCUT2D eigenvalue weighted by Gasteiger charge is 2.40. The minimum atomic E-state index is -0.446. The Morgan fingerprint density at radius 3 is 1.63 bits per heavy atom. The summed E-state index contributed by atoms with van der Waals surface area (Å²) in [5.41, 5.74) is 0.866. The van der Waals surface area contributed by atoms with Gasteiger partial charge < -0.3 is 29.5 Å². The first kappa shape index (κ1) is 36.5. The molecule has 7 heteroatoms. The van der Waals surface area contributed by atoms with E-state index in [0.717, 1.165) is 95.5 Å². The van der Waals surface area contributed by atoms with E-state index in [1.165, 1.54) is 64.2 Å². The van der Waals surface area contributed by atoms with Gasteiger partial charge in [0, 0.05) is 5.57 Å². The molecule has 2 saturated heterocycles. The Morgan fingerprint density at radius 1 is 0.651 bits per heavy atom. The zero-order valence-corrected chi connectivity index (χ0v) is 27.3. The van der Waals surface area contributed by atoms with Crippen molar-refractivity contribution in [2.24, 2.45) is 0 Å². The molecule has 0 aliphatic carbocycles. The number of cyclic esters (lactones) is 1. The highest BCUT2D eigenvalue weighted by molar-refractivity contribution is 5.90. The van der Waals surface area contributed by atoms with Crippen molar-refractivity contribution < 1.29 is 34.3 Å². The number of esters is 1. The predicted octanol–water partition coefficient (Wildman–Crippen LogP) is 7.47. The molecule has 3 heterocycles. The Hall–Kier alpha value is -0.990. The summed E-state index contributed by atoms with van der Waals surface area (Å²) >= 11 is 0. The van der Waals surface area contributed by atoms with Crippen molar-refractivity contribution in [2.75, 3.05) is 6.61 Å². The van der Waals surface area contributed by atoms with Gasteiger partial charge in [-0.15, -0.1) is 0 Å². The van der Waals surface area contributed by atoms with Gasteiger partial charge in [-0.05, 0) is 70.3 Å². The highest BCUT2D eigenvalue weighted by Crippen LogP contribution is 2.34. The summed E-state index contributed by atoms with van der Waals surface area (Å²) in [4.78, 5) is 11.4. The van der Waals surface area contributed by atoms with E-state index < -0.39 is 12.2 Å². The number of carbonyl (C=O) groups is 1. The first-order valence-corrected chi connectivity index (χ1v) is 18.2. The molecule has 43 heavy (non-hydrogen) atoms. The van der Waals surface area contributed by atoms with Crippen molar-refractivity contribution in [3.05, 3.63) is 11.6 Å². The van der Waals surface area contributed by atoms with E-state index in [4.69, 9.17) is 14.2 Å². The average Bonchev–Trinajstić information content (AvgIpc) is 3.77.